The maximum absolute atomic E-state index is 12.2. The Morgan fingerprint density at radius 2 is 1.96 bits per heavy atom. The van der Waals surface area contributed by atoms with Gasteiger partial charge in [-0.2, -0.15) is 0 Å². The maximum atomic E-state index is 12.2. The molecule has 1 atom stereocenters. The van der Waals surface area contributed by atoms with Gasteiger partial charge in [-0.3, -0.25) is 14.5 Å². The van der Waals surface area contributed by atoms with Crippen molar-refractivity contribution >= 4 is 17.6 Å². The molecule has 9 nitrogen and oxygen atoms in total. The lowest BCUT2D eigenvalue weighted by Gasteiger charge is -2.26. The molecule has 2 aliphatic rings. The zero-order chi connectivity index (χ0) is 19.1. The SMILES string of the molecule is O=C(CC(NCCCN1CCOCC1)C(=O)O)Nc1ccc2c(c1)OCO2. The van der Waals surface area contributed by atoms with Crippen LogP contribution in [0.25, 0.3) is 0 Å². The lowest BCUT2D eigenvalue weighted by molar-refractivity contribution is -0.141. The van der Waals surface area contributed by atoms with Gasteiger partial charge in [-0.15, -0.1) is 0 Å². The van der Waals surface area contributed by atoms with Crippen LogP contribution in [0, 0.1) is 0 Å². The Hall–Kier alpha value is -2.36. The zero-order valence-corrected chi connectivity index (χ0v) is 15.1. The summed E-state index contributed by atoms with van der Waals surface area (Å²) >= 11 is 0. The summed E-state index contributed by atoms with van der Waals surface area (Å²) in [6.45, 7) is 4.86. The Labute approximate surface area is 157 Å². The third-order valence-electron chi connectivity index (χ3n) is 4.49. The first-order valence-corrected chi connectivity index (χ1v) is 9.07. The molecule has 9 heteroatoms. The second kappa shape index (κ2) is 9.54. The number of carbonyl (C=O) groups is 2. The van der Waals surface area contributed by atoms with Gasteiger partial charge in [0.25, 0.3) is 0 Å². The molecule has 1 aromatic carbocycles. The molecule has 1 aromatic rings. The van der Waals surface area contributed by atoms with E-state index in [4.69, 9.17) is 14.2 Å². The van der Waals surface area contributed by atoms with Crippen molar-refractivity contribution in [2.75, 3.05) is 51.5 Å². The van der Waals surface area contributed by atoms with Crippen LogP contribution in [0.5, 0.6) is 11.5 Å². The van der Waals surface area contributed by atoms with E-state index in [1.165, 1.54) is 0 Å². The molecule has 0 bridgehead atoms. The quantitative estimate of drug-likeness (QED) is 0.533. The van der Waals surface area contributed by atoms with Crippen LogP contribution in [0.1, 0.15) is 12.8 Å². The van der Waals surface area contributed by atoms with Crippen molar-refractivity contribution in [2.24, 2.45) is 0 Å². The molecule has 0 aromatic heterocycles. The third kappa shape index (κ3) is 5.81. The van der Waals surface area contributed by atoms with Crippen LogP contribution < -0.4 is 20.1 Å². The van der Waals surface area contributed by atoms with E-state index in [0.717, 1.165) is 39.3 Å². The Balaban J connectivity index is 1.41. The highest BCUT2D eigenvalue weighted by molar-refractivity contribution is 5.94. The molecule has 2 aliphatic heterocycles. The number of nitrogens with zero attached hydrogens (tertiary/aromatic N) is 1. The van der Waals surface area contributed by atoms with E-state index in [1.807, 2.05) is 0 Å². The fourth-order valence-electron chi connectivity index (χ4n) is 3.02. The van der Waals surface area contributed by atoms with Crippen molar-refractivity contribution in [3.63, 3.8) is 0 Å². The van der Waals surface area contributed by atoms with Crippen molar-refractivity contribution in [3.8, 4) is 11.5 Å². The molecular weight excluding hydrogens is 354 g/mol. The van der Waals surface area contributed by atoms with Gasteiger partial charge in [-0.1, -0.05) is 0 Å². The van der Waals surface area contributed by atoms with Gasteiger partial charge >= 0.3 is 5.97 Å². The first-order chi connectivity index (χ1) is 13.1. The number of fused-ring (bicyclic) bond motifs is 1. The predicted molar refractivity (Wildman–Crippen MR) is 97.1 cm³/mol. The van der Waals surface area contributed by atoms with Crippen LogP contribution >= 0.6 is 0 Å². The van der Waals surface area contributed by atoms with Crippen molar-refractivity contribution in [3.05, 3.63) is 18.2 Å². The number of carboxylic acid groups (broad SMARTS) is 1. The number of benzene rings is 1. The van der Waals surface area contributed by atoms with Crippen molar-refractivity contribution in [2.45, 2.75) is 18.9 Å². The topological polar surface area (TPSA) is 109 Å². The second-order valence-electron chi connectivity index (χ2n) is 6.47. The summed E-state index contributed by atoms with van der Waals surface area (Å²) in [5.41, 5.74) is 0.542. The highest BCUT2D eigenvalue weighted by atomic mass is 16.7. The van der Waals surface area contributed by atoms with Gasteiger partial charge in [-0.05, 0) is 31.6 Å². The number of nitrogens with one attached hydrogen (secondary N) is 2. The van der Waals surface area contributed by atoms with Crippen LogP contribution in [0.15, 0.2) is 18.2 Å². The van der Waals surface area contributed by atoms with E-state index in [2.05, 4.69) is 15.5 Å². The fraction of sp³-hybridized carbons (Fsp3) is 0.556. The minimum absolute atomic E-state index is 0.151. The van der Waals surface area contributed by atoms with Crippen LogP contribution in [-0.2, 0) is 14.3 Å². The smallest absolute Gasteiger partial charge is 0.321 e. The summed E-state index contributed by atoms with van der Waals surface area (Å²) < 4.78 is 15.8. The molecule has 1 amide bonds. The number of anilines is 1. The molecule has 27 heavy (non-hydrogen) atoms. The summed E-state index contributed by atoms with van der Waals surface area (Å²) in [5.74, 6) is -0.230. The van der Waals surface area contributed by atoms with Crippen molar-refractivity contribution in [1.29, 1.82) is 0 Å². The van der Waals surface area contributed by atoms with Crippen LogP contribution in [0.4, 0.5) is 5.69 Å². The molecule has 2 heterocycles. The van der Waals surface area contributed by atoms with Gasteiger partial charge in [0.1, 0.15) is 6.04 Å². The number of rotatable bonds is 9. The molecule has 1 fully saturated rings. The summed E-state index contributed by atoms with van der Waals surface area (Å²) in [6, 6.07) is 4.13. The van der Waals surface area contributed by atoms with Gasteiger partial charge in [0, 0.05) is 24.8 Å². The second-order valence-corrected chi connectivity index (χ2v) is 6.47. The summed E-state index contributed by atoms with van der Waals surface area (Å²) in [6.07, 6.45) is 0.662. The van der Waals surface area contributed by atoms with Crippen LogP contribution in [0.3, 0.4) is 0 Å². The minimum Gasteiger partial charge on any atom is -0.480 e. The summed E-state index contributed by atoms with van der Waals surface area (Å²) in [5, 5.41) is 15.0. The number of carbonyl (C=O) groups excluding carboxylic acids is 1. The molecule has 0 saturated carbocycles. The third-order valence-corrected chi connectivity index (χ3v) is 4.49. The van der Waals surface area contributed by atoms with Crippen LogP contribution in [0.2, 0.25) is 0 Å². The average Bonchev–Trinajstić information content (AvgIpc) is 3.12. The van der Waals surface area contributed by atoms with E-state index in [9.17, 15) is 14.7 Å². The number of hydrogen-bond acceptors (Lipinski definition) is 7. The molecular formula is C18H25N3O6. The van der Waals surface area contributed by atoms with Gasteiger partial charge < -0.3 is 30.0 Å². The Morgan fingerprint density at radius 3 is 2.74 bits per heavy atom. The van der Waals surface area contributed by atoms with E-state index in [0.29, 0.717) is 23.7 Å². The fourth-order valence-corrected chi connectivity index (χ4v) is 3.02. The average molecular weight is 379 g/mol. The van der Waals surface area contributed by atoms with Gasteiger partial charge in [0.2, 0.25) is 12.7 Å². The van der Waals surface area contributed by atoms with Gasteiger partial charge in [-0.25, -0.2) is 0 Å². The monoisotopic (exact) mass is 379 g/mol. The number of ether oxygens (including phenoxy) is 3. The highest BCUT2D eigenvalue weighted by Crippen LogP contribution is 2.34. The van der Waals surface area contributed by atoms with E-state index >= 15 is 0 Å². The van der Waals surface area contributed by atoms with Crippen molar-refractivity contribution in [1.82, 2.24) is 10.2 Å². The van der Waals surface area contributed by atoms with E-state index < -0.39 is 12.0 Å². The number of hydrogen-bond donors (Lipinski definition) is 3. The molecule has 148 valence electrons. The Bertz CT molecular complexity index is 662. The lowest BCUT2D eigenvalue weighted by atomic mass is 10.2. The first-order valence-electron chi connectivity index (χ1n) is 9.07. The number of aliphatic carboxylic acids is 1. The predicted octanol–water partition coefficient (Wildman–Crippen LogP) is 0.509. The standard InChI is InChI=1S/C18H25N3O6/c22-17(20-13-2-3-15-16(10-13)27-12-26-15)11-14(18(23)24)19-4-1-5-21-6-8-25-9-7-21/h2-3,10,14,19H,1,4-9,11-12H2,(H,20,22)(H,23,24). The minimum atomic E-state index is -1.04. The number of morpholine rings is 1. The Morgan fingerprint density at radius 1 is 1.19 bits per heavy atom. The first kappa shape index (κ1) is 19.4. The molecule has 1 saturated heterocycles. The van der Waals surface area contributed by atoms with Crippen molar-refractivity contribution < 1.29 is 28.9 Å². The van der Waals surface area contributed by atoms with E-state index in [1.54, 1.807) is 18.2 Å². The molecule has 0 radical (unpaired) electrons. The Kier molecular flexibility index (Phi) is 6.86. The maximum Gasteiger partial charge on any atom is 0.321 e. The zero-order valence-electron chi connectivity index (χ0n) is 15.1. The summed E-state index contributed by atoms with van der Waals surface area (Å²) in [7, 11) is 0. The molecule has 1 unspecified atom stereocenters. The van der Waals surface area contributed by atoms with Crippen LogP contribution in [-0.4, -0.2) is 74.1 Å². The highest BCUT2D eigenvalue weighted by Gasteiger charge is 2.21. The molecule has 0 spiro atoms. The normalized spacial score (nSPS) is 17.5. The largest absolute Gasteiger partial charge is 0.480 e. The molecule has 3 rings (SSSR count). The number of carboxylic acids is 1. The summed E-state index contributed by atoms with van der Waals surface area (Å²) in [4.78, 5) is 25.9. The van der Waals surface area contributed by atoms with Gasteiger partial charge in [0.15, 0.2) is 11.5 Å². The molecule has 0 aliphatic carbocycles. The lowest BCUT2D eigenvalue weighted by Crippen LogP contribution is -2.42. The van der Waals surface area contributed by atoms with E-state index in [-0.39, 0.29) is 19.1 Å². The number of amides is 1. The molecule has 3 N–H and O–H groups in total. The van der Waals surface area contributed by atoms with Gasteiger partial charge in [0.05, 0.1) is 19.6 Å².